The Morgan fingerprint density at radius 1 is 1.10 bits per heavy atom. The molecule has 0 atom stereocenters. The van der Waals surface area contributed by atoms with Crippen LogP contribution in [0.2, 0.25) is 0 Å². The molecular formula is C22H25N5OS. The topological polar surface area (TPSA) is 71.0 Å². The summed E-state index contributed by atoms with van der Waals surface area (Å²) in [5.41, 5.74) is 2.85. The van der Waals surface area contributed by atoms with Gasteiger partial charge >= 0.3 is 0 Å². The highest BCUT2D eigenvalue weighted by Crippen LogP contribution is 2.26. The van der Waals surface area contributed by atoms with Gasteiger partial charge in [0.1, 0.15) is 11.5 Å². The highest BCUT2D eigenvalue weighted by molar-refractivity contribution is 7.13. The number of pyridine rings is 1. The molecule has 29 heavy (non-hydrogen) atoms. The Labute approximate surface area is 175 Å². The van der Waals surface area contributed by atoms with Crippen LogP contribution in [-0.2, 0) is 0 Å². The van der Waals surface area contributed by atoms with E-state index in [1.807, 2.05) is 44.2 Å². The van der Waals surface area contributed by atoms with Gasteiger partial charge in [0.2, 0.25) is 0 Å². The van der Waals surface area contributed by atoms with Crippen LogP contribution in [0.3, 0.4) is 0 Å². The minimum atomic E-state index is 0.0352. The van der Waals surface area contributed by atoms with Crippen LogP contribution in [0, 0.1) is 20.8 Å². The maximum absolute atomic E-state index is 12.4. The predicted molar refractivity (Wildman–Crippen MR) is 116 cm³/mol. The van der Waals surface area contributed by atoms with E-state index in [0.29, 0.717) is 5.82 Å². The number of rotatable bonds is 4. The maximum atomic E-state index is 12.4. The lowest BCUT2D eigenvalue weighted by molar-refractivity contribution is 0.0935. The first-order valence-electron chi connectivity index (χ1n) is 9.90. The molecule has 0 aromatic carbocycles. The van der Waals surface area contributed by atoms with E-state index in [1.54, 1.807) is 6.20 Å². The summed E-state index contributed by atoms with van der Waals surface area (Å²) >= 11 is 1.54. The van der Waals surface area contributed by atoms with Gasteiger partial charge in [-0.05, 0) is 57.9 Å². The molecule has 1 aliphatic rings. The number of anilines is 1. The van der Waals surface area contributed by atoms with Crippen molar-refractivity contribution < 1.29 is 4.79 Å². The van der Waals surface area contributed by atoms with Gasteiger partial charge in [0.25, 0.3) is 5.91 Å². The van der Waals surface area contributed by atoms with E-state index in [9.17, 15) is 4.79 Å². The van der Waals surface area contributed by atoms with Crippen LogP contribution in [0.1, 0.15) is 38.6 Å². The predicted octanol–water partition coefficient (Wildman–Crippen LogP) is 3.92. The van der Waals surface area contributed by atoms with Crippen LogP contribution in [0.15, 0.2) is 36.5 Å². The quantitative estimate of drug-likeness (QED) is 0.710. The monoisotopic (exact) mass is 407 g/mol. The summed E-state index contributed by atoms with van der Waals surface area (Å²) in [6.45, 7) is 7.81. The van der Waals surface area contributed by atoms with Gasteiger partial charge < -0.3 is 10.2 Å². The normalized spacial score (nSPS) is 14.8. The summed E-state index contributed by atoms with van der Waals surface area (Å²) < 4.78 is 0. The Morgan fingerprint density at radius 3 is 2.55 bits per heavy atom. The third-order valence-corrected chi connectivity index (χ3v) is 6.35. The minimum absolute atomic E-state index is 0.0352. The van der Waals surface area contributed by atoms with Gasteiger partial charge in [0, 0.05) is 41.5 Å². The van der Waals surface area contributed by atoms with Crippen molar-refractivity contribution in [3.8, 4) is 11.5 Å². The first kappa shape index (κ1) is 19.5. The first-order valence-corrected chi connectivity index (χ1v) is 10.7. The van der Waals surface area contributed by atoms with Crippen molar-refractivity contribution in [3.63, 3.8) is 0 Å². The van der Waals surface area contributed by atoms with Gasteiger partial charge in [-0.3, -0.25) is 9.78 Å². The van der Waals surface area contributed by atoms with Crippen molar-refractivity contribution in [1.29, 1.82) is 0 Å². The van der Waals surface area contributed by atoms with Crippen LogP contribution < -0.4 is 10.2 Å². The summed E-state index contributed by atoms with van der Waals surface area (Å²) in [5.74, 6) is 1.66. The Balaban J connectivity index is 1.45. The van der Waals surface area contributed by atoms with Crippen LogP contribution in [-0.4, -0.2) is 40.0 Å². The zero-order valence-corrected chi connectivity index (χ0v) is 17.8. The van der Waals surface area contributed by atoms with Gasteiger partial charge in [-0.2, -0.15) is 0 Å². The van der Waals surface area contributed by atoms with E-state index < -0.39 is 0 Å². The Bertz CT molecular complexity index is 1010. The lowest BCUT2D eigenvalue weighted by atomic mass is 10.0. The number of piperidine rings is 1. The van der Waals surface area contributed by atoms with Crippen LogP contribution >= 0.6 is 11.3 Å². The third kappa shape index (κ3) is 4.29. The average molecular weight is 408 g/mol. The second kappa shape index (κ2) is 8.29. The molecule has 0 spiro atoms. The summed E-state index contributed by atoms with van der Waals surface area (Å²) in [4.78, 5) is 30.5. The molecule has 0 unspecified atom stereocenters. The number of nitrogens with zero attached hydrogens (tertiary/aromatic N) is 4. The van der Waals surface area contributed by atoms with Gasteiger partial charge in [-0.15, -0.1) is 11.3 Å². The smallest absolute Gasteiger partial charge is 0.261 e. The van der Waals surface area contributed by atoms with Gasteiger partial charge in [0.05, 0.1) is 4.88 Å². The van der Waals surface area contributed by atoms with E-state index in [4.69, 9.17) is 4.98 Å². The highest BCUT2D eigenvalue weighted by Gasteiger charge is 2.24. The number of carbonyl (C=O) groups is 1. The molecular weight excluding hydrogens is 382 g/mol. The van der Waals surface area contributed by atoms with Gasteiger partial charge in [-0.25, -0.2) is 9.97 Å². The zero-order valence-electron chi connectivity index (χ0n) is 17.0. The molecule has 3 aromatic rings. The molecule has 0 bridgehead atoms. The van der Waals surface area contributed by atoms with Crippen molar-refractivity contribution in [1.82, 2.24) is 20.3 Å². The molecule has 1 N–H and O–H groups in total. The molecule has 0 aliphatic carbocycles. The first-order chi connectivity index (χ1) is 14.0. The lowest BCUT2D eigenvalue weighted by Crippen LogP contribution is -2.45. The molecule has 1 saturated heterocycles. The number of amides is 1. The number of hydrogen-bond acceptors (Lipinski definition) is 6. The fraction of sp³-hybridized carbons (Fsp3) is 0.364. The molecule has 7 heteroatoms. The van der Waals surface area contributed by atoms with E-state index in [0.717, 1.165) is 58.5 Å². The van der Waals surface area contributed by atoms with Crippen LogP contribution in [0.5, 0.6) is 0 Å². The summed E-state index contributed by atoms with van der Waals surface area (Å²) in [5, 5.41) is 3.19. The number of thiophene rings is 1. The van der Waals surface area contributed by atoms with Crippen molar-refractivity contribution in [2.24, 2.45) is 0 Å². The van der Waals surface area contributed by atoms with Crippen molar-refractivity contribution in [3.05, 3.63) is 57.5 Å². The van der Waals surface area contributed by atoms with Crippen molar-refractivity contribution in [2.45, 2.75) is 39.7 Å². The van der Waals surface area contributed by atoms with E-state index in [-0.39, 0.29) is 11.9 Å². The number of hydrogen-bond donors (Lipinski definition) is 1. The van der Waals surface area contributed by atoms with E-state index in [1.165, 1.54) is 11.3 Å². The van der Waals surface area contributed by atoms with E-state index in [2.05, 4.69) is 27.1 Å². The summed E-state index contributed by atoms with van der Waals surface area (Å²) in [6.07, 6.45) is 3.56. The zero-order chi connectivity index (χ0) is 20.4. The molecule has 1 amide bonds. The molecule has 3 aromatic heterocycles. The second-order valence-corrected chi connectivity index (χ2v) is 8.73. The SMILES string of the molecule is Cc1ccc(C(=O)NC2CCN(c3nc(-c4ccccn4)nc(C)c3C)CC2)s1. The van der Waals surface area contributed by atoms with Crippen LogP contribution in [0.4, 0.5) is 5.82 Å². The minimum Gasteiger partial charge on any atom is -0.356 e. The number of aryl methyl sites for hydroxylation is 2. The number of aromatic nitrogens is 3. The summed E-state index contributed by atoms with van der Waals surface area (Å²) in [7, 11) is 0. The largest absolute Gasteiger partial charge is 0.356 e. The average Bonchev–Trinajstić information content (AvgIpc) is 3.18. The molecule has 1 aliphatic heterocycles. The Hall–Kier alpha value is -2.80. The fourth-order valence-electron chi connectivity index (χ4n) is 3.58. The Kier molecular flexibility index (Phi) is 5.58. The van der Waals surface area contributed by atoms with Gasteiger partial charge in [0.15, 0.2) is 5.82 Å². The molecule has 150 valence electrons. The molecule has 1 fully saturated rings. The van der Waals surface area contributed by atoms with Crippen molar-refractivity contribution in [2.75, 3.05) is 18.0 Å². The van der Waals surface area contributed by atoms with Crippen molar-refractivity contribution >= 4 is 23.1 Å². The van der Waals surface area contributed by atoms with Crippen LogP contribution in [0.25, 0.3) is 11.5 Å². The number of carbonyl (C=O) groups excluding carboxylic acids is 1. The third-order valence-electron chi connectivity index (χ3n) is 5.35. The standard InChI is InChI=1S/C22H25N5OS/c1-14-7-8-19(29-14)22(28)25-17-9-12-27(13-10-17)21-15(2)16(3)24-20(26-21)18-6-4-5-11-23-18/h4-8,11,17H,9-10,12-13H2,1-3H3,(H,25,28). The lowest BCUT2D eigenvalue weighted by Gasteiger charge is -2.34. The van der Waals surface area contributed by atoms with E-state index >= 15 is 0 Å². The molecule has 0 radical (unpaired) electrons. The Morgan fingerprint density at radius 2 is 1.90 bits per heavy atom. The molecule has 6 nitrogen and oxygen atoms in total. The maximum Gasteiger partial charge on any atom is 0.261 e. The second-order valence-electron chi connectivity index (χ2n) is 7.44. The molecule has 0 saturated carbocycles. The number of nitrogens with one attached hydrogen (secondary N) is 1. The fourth-order valence-corrected chi connectivity index (χ4v) is 4.35. The molecule has 4 rings (SSSR count). The summed E-state index contributed by atoms with van der Waals surface area (Å²) in [6, 6.07) is 9.85. The van der Waals surface area contributed by atoms with Gasteiger partial charge in [-0.1, -0.05) is 6.07 Å². The molecule has 4 heterocycles. The highest BCUT2D eigenvalue weighted by atomic mass is 32.1.